The van der Waals surface area contributed by atoms with E-state index in [2.05, 4.69) is 5.32 Å². The number of halogens is 2. The van der Waals surface area contributed by atoms with Crippen LogP contribution in [0.2, 0.25) is 0 Å². The van der Waals surface area contributed by atoms with Crippen molar-refractivity contribution >= 4 is 0 Å². The molecule has 2 fully saturated rings. The third-order valence-electron chi connectivity index (χ3n) is 3.48. The Bertz CT molecular complexity index is 172. The van der Waals surface area contributed by atoms with Crippen molar-refractivity contribution in [3.05, 3.63) is 0 Å². The van der Waals surface area contributed by atoms with Crippen molar-refractivity contribution in [2.75, 3.05) is 13.1 Å². The predicted octanol–water partition coefficient (Wildman–Crippen LogP) is 2.42. The van der Waals surface area contributed by atoms with Gasteiger partial charge in [0.2, 0.25) is 0 Å². The molecule has 0 radical (unpaired) electrons. The zero-order valence-electron chi connectivity index (χ0n) is 7.86. The molecule has 0 aromatic rings. The zero-order valence-corrected chi connectivity index (χ0v) is 7.86. The number of rotatable bonds is 2. The summed E-state index contributed by atoms with van der Waals surface area (Å²) >= 11 is 0. The molecule has 0 unspecified atom stereocenters. The second-order valence-corrected chi connectivity index (χ2v) is 4.36. The predicted molar refractivity (Wildman–Crippen MR) is 47.9 cm³/mol. The highest BCUT2D eigenvalue weighted by Crippen LogP contribution is 2.42. The second-order valence-electron chi connectivity index (χ2n) is 4.36. The molecule has 0 aromatic heterocycles. The highest BCUT2D eigenvalue weighted by molar-refractivity contribution is 4.92. The quantitative estimate of drug-likeness (QED) is 0.703. The van der Waals surface area contributed by atoms with E-state index in [1.807, 2.05) is 0 Å². The molecular weight excluding hydrogens is 172 g/mol. The molecule has 13 heavy (non-hydrogen) atoms. The van der Waals surface area contributed by atoms with Gasteiger partial charge in [-0.05, 0) is 12.8 Å². The molecular formula is C10H17F2N. The minimum absolute atomic E-state index is 0.326. The summed E-state index contributed by atoms with van der Waals surface area (Å²) in [5.74, 6) is -3.10. The molecule has 1 N–H and O–H groups in total. The van der Waals surface area contributed by atoms with Gasteiger partial charge in [0.1, 0.15) is 0 Å². The van der Waals surface area contributed by atoms with Gasteiger partial charge in [0.25, 0.3) is 5.92 Å². The van der Waals surface area contributed by atoms with Gasteiger partial charge in [-0.2, -0.15) is 0 Å². The monoisotopic (exact) mass is 189 g/mol. The number of nitrogens with one attached hydrogen (secondary N) is 1. The molecule has 0 bridgehead atoms. The standard InChI is InChI=1S/C10H17F2N/c11-10(12,9-6-13-7-9)8-4-2-1-3-5-8/h8-9,13H,1-7H2. The highest BCUT2D eigenvalue weighted by atomic mass is 19.3. The molecule has 1 heterocycles. The van der Waals surface area contributed by atoms with E-state index in [4.69, 9.17) is 0 Å². The van der Waals surface area contributed by atoms with E-state index in [-0.39, 0.29) is 11.8 Å². The van der Waals surface area contributed by atoms with Gasteiger partial charge in [-0.15, -0.1) is 0 Å². The van der Waals surface area contributed by atoms with Crippen LogP contribution in [0, 0.1) is 11.8 Å². The van der Waals surface area contributed by atoms with E-state index < -0.39 is 5.92 Å². The summed E-state index contributed by atoms with van der Waals surface area (Å²) in [6, 6.07) is 0. The summed E-state index contributed by atoms with van der Waals surface area (Å²) in [6.07, 6.45) is 4.63. The smallest absolute Gasteiger partial charge is 0.256 e. The SMILES string of the molecule is FC(F)(C1CCCCC1)C1CNC1. The molecule has 0 amide bonds. The van der Waals surface area contributed by atoms with Crippen molar-refractivity contribution < 1.29 is 8.78 Å². The van der Waals surface area contributed by atoms with Gasteiger partial charge in [-0.3, -0.25) is 0 Å². The summed E-state index contributed by atoms with van der Waals surface area (Å²) in [6.45, 7) is 1.03. The number of alkyl halides is 2. The van der Waals surface area contributed by atoms with Gasteiger partial charge in [-0.25, -0.2) is 8.78 Å². The van der Waals surface area contributed by atoms with E-state index in [9.17, 15) is 8.78 Å². The van der Waals surface area contributed by atoms with Gasteiger partial charge >= 0.3 is 0 Å². The molecule has 3 heteroatoms. The first-order valence-electron chi connectivity index (χ1n) is 5.30. The molecule has 1 aliphatic heterocycles. The van der Waals surface area contributed by atoms with Crippen LogP contribution in [0.4, 0.5) is 8.78 Å². The van der Waals surface area contributed by atoms with Crippen LogP contribution in [0.1, 0.15) is 32.1 Å². The van der Waals surface area contributed by atoms with Crippen molar-refractivity contribution in [2.45, 2.75) is 38.0 Å². The van der Waals surface area contributed by atoms with Gasteiger partial charge in [-0.1, -0.05) is 19.3 Å². The first-order valence-corrected chi connectivity index (χ1v) is 5.30. The third kappa shape index (κ3) is 1.71. The molecule has 1 saturated carbocycles. The zero-order chi connectivity index (χ0) is 9.31. The maximum atomic E-state index is 13.7. The van der Waals surface area contributed by atoms with Crippen molar-refractivity contribution in [3.8, 4) is 0 Å². The number of hydrogen-bond acceptors (Lipinski definition) is 1. The molecule has 0 aromatic carbocycles. The number of hydrogen-bond donors (Lipinski definition) is 1. The summed E-state index contributed by atoms with van der Waals surface area (Å²) in [5, 5.41) is 2.93. The summed E-state index contributed by atoms with van der Waals surface area (Å²) in [5.41, 5.74) is 0. The molecule has 0 atom stereocenters. The minimum Gasteiger partial charge on any atom is -0.316 e. The van der Waals surface area contributed by atoms with Crippen molar-refractivity contribution in [2.24, 2.45) is 11.8 Å². The molecule has 1 nitrogen and oxygen atoms in total. The van der Waals surface area contributed by atoms with Crippen LogP contribution >= 0.6 is 0 Å². The first-order chi connectivity index (χ1) is 6.21. The van der Waals surface area contributed by atoms with Crippen LogP contribution in [-0.4, -0.2) is 19.0 Å². The molecule has 76 valence electrons. The van der Waals surface area contributed by atoms with Gasteiger partial charge in [0.15, 0.2) is 0 Å². The Hall–Kier alpha value is -0.180. The molecule has 1 aliphatic carbocycles. The lowest BCUT2D eigenvalue weighted by Crippen LogP contribution is -2.54. The van der Waals surface area contributed by atoms with Crippen molar-refractivity contribution in [1.82, 2.24) is 5.32 Å². The fourth-order valence-corrected chi connectivity index (χ4v) is 2.38. The van der Waals surface area contributed by atoms with E-state index in [0.29, 0.717) is 13.1 Å². The summed E-state index contributed by atoms with van der Waals surface area (Å²) < 4.78 is 27.4. The second kappa shape index (κ2) is 3.52. The maximum Gasteiger partial charge on any atom is 0.256 e. The lowest BCUT2D eigenvalue weighted by atomic mass is 9.78. The lowest BCUT2D eigenvalue weighted by molar-refractivity contribution is -0.132. The average molecular weight is 189 g/mol. The fourth-order valence-electron chi connectivity index (χ4n) is 2.38. The average Bonchev–Trinajstić information content (AvgIpc) is 2.02. The fraction of sp³-hybridized carbons (Fsp3) is 1.00. The van der Waals surface area contributed by atoms with Crippen LogP contribution in [0.3, 0.4) is 0 Å². The highest BCUT2D eigenvalue weighted by Gasteiger charge is 2.48. The third-order valence-corrected chi connectivity index (χ3v) is 3.48. The summed E-state index contributed by atoms with van der Waals surface area (Å²) in [7, 11) is 0. The molecule has 0 spiro atoms. The topological polar surface area (TPSA) is 12.0 Å². The van der Waals surface area contributed by atoms with Crippen LogP contribution in [0.25, 0.3) is 0 Å². The maximum absolute atomic E-state index is 13.7. The van der Waals surface area contributed by atoms with E-state index in [1.165, 1.54) is 0 Å². The van der Waals surface area contributed by atoms with E-state index in [0.717, 1.165) is 32.1 Å². The van der Waals surface area contributed by atoms with Gasteiger partial charge in [0, 0.05) is 24.9 Å². The Morgan fingerprint density at radius 1 is 0.923 bits per heavy atom. The van der Waals surface area contributed by atoms with Crippen molar-refractivity contribution in [1.29, 1.82) is 0 Å². The van der Waals surface area contributed by atoms with Gasteiger partial charge < -0.3 is 5.32 Å². The minimum atomic E-state index is -2.40. The Labute approximate surface area is 77.9 Å². The van der Waals surface area contributed by atoms with Crippen LogP contribution in [0.15, 0.2) is 0 Å². The summed E-state index contributed by atoms with van der Waals surface area (Å²) in [4.78, 5) is 0. The molecule has 2 aliphatic rings. The van der Waals surface area contributed by atoms with Crippen LogP contribution < -0.4 is 5.32 Å². The Morgan fingerprint density at radius 2 is 1.54 bits per heavy atom. The normalized spacial score (nSPS) is 27.2. The largest absolute Gasteiger partial charge is 0.316 e. The molecule has 2 rings (SSSR count). The lowest BCUT2D eigenvalue weighted by Gasteiger charge is -2.40. The molecule has 1 saturated heterocycles. The van der Waals surface area contributed by atoms with Crippen molar-refractivity contribution in [3.63, 3.8) is 0 Å². The van der Waals surface area contributed by atoms with Crippen LogP contribution in [-0.2, 0) is 0 Å². The Balaban J connectivity index is 1.94. The van der Waals surface area contributed by atoms with E-state index >= 15 is 0 Å². The van der Waals surface area contributed by atoms with Gasteiger partial charge in [0.05, 0.1) is 0 Å². The Kier molecular flexibility index (Phi) is 2.54. The van der Waals surface area contributed by atoms with E-state index in [1.54, 1.807) is 0 Å². The van der Waals surface area contributed by atoms with Crippen LogP contribution in [0.5, 0.6) is 0 Å². The Morgan fingerprint density at radius 3 is 2.00 bits per heavy atom. The first kappa shape index (κ1) is 9.38.